The summed E-state index contributed by atoms with van der Waals surface area (Å²) in [6.07, 6.45) is 1.67. The Bertz CT molecular complexity index is 253. The largest absolute Gasteiger partial charge is 0.380 e. The summed E-state index contributed by atoms with van der Waals surface area (Å²) in [5, 5.41) is 3.59. The van der Waals surface area contributed by atoms with E-state index in [-0.39, 0.29) is 0 Å². The van der Waals surface area contributed by atoms with E-state index in [0.29, 0.717) is 17.4 Å². The number of nitrogens with zero attached hydrogens (tertiary/aromatic N) is 1. The molecule has 0 aromatic heterocycles. The summed E-state index contributed by atoms with van der Waals surface area (Å²) in [4.78, 5) is 2.57. The number of hydrogen-bond donors (Lipinski definition) is 1. The van der Waals surface area contributed by atoms with Gasteiger partial charge in [-0.3, -0.25) is 0 Å². The third-order valence-corrected chi connectivity index (χ3v) is 4.08. The first-order valence-corrected chi connectivity index (χ1v) is 7.80. The highest BCUT2D eigenvalue weighted by Gasteiger charge is 2.29. The third kappa shape index (κ3) is 6.24. The van der Waals surface area contributed by atoms with Gasteiger partial charge < -0.3 is 15.0 Å². The molecule has 0 amide bonds. The Balaban J connectivity index is 2.36. The number of likely N-dealkylation sites (tertiary alicyclic amines) is 1. The predicted molar refractivity (Wildman–Crippen MR) is 82.5 cm³/mol. The number of nitrogens with one attached hydrogen (secondary N) is 1. The summed E-state index contributed by atoms with van der Waals surface area (Å²) >= 11 is 0. The Labute approximate surface area is 120 Å². The first-order chi connectivity index (χ1) is 8.84. The lowest BCUT2D eigenvalue weighted by Crippen LogP contribution is -2.49. The van der Waals surface area contributed by atoms with Crippen LogP contribution in [0.15, 0.2) is 0 Å². The summed E-state index contributed by atoms with van der Waals surface area (Å²) in [7, 11) is 1.85. The van der Waals surface area contributed by atoms with Crippen LogP contribution in [0.1, 0.15) is 41.0 Å². The van der Waals surface area contributed by atoms with Crippen molar-refractivity contribution in [1.29, 1.82) is 0 Å². The maximum Gasteiger partial charge on any atom is 0.0724 e. The smallest absolute Gasteiger partial charge is 0.0724 e. The van der Waals surface area contributed by atoms with Crippen molar-refractivity contribution in [3.05, 3.63) is 0 Å². The van der Waals surface area contributed by atoms with Crippen LogP contribution < -0.4 is 5.32 Å². The maximum atomic E-state index is 5.60. The molecule has 2 unspecified atom stereocenters. The highest BCUT2D eigenvalue weighted by Crippen LogP contribution is 2.23. The van der Waals surface area contributed by atoms with E-state index in [9.17, 15) is 0 Å². The standard InChI is InChI=1S/C16H34N2O/c1-13(2)9-17-11-16(4,5)12-18-8-7-14(3)15(10-18)19-6/h13-15,17H,7-12H2,1-6H3. The van der Waals surface area contributed by atoms with Gasteiger partial charge in [0, 0.05) is 26.7 Å². The molecular weight excluding hydrogens is 236 g/mol. The normalized spacial score (nSPS) is 26.1. The van der Waals surface area contributed by atoms with E-state index in [1.807, 2.05) is 7.11 Å². The fourth-order valence-electron chi connectivity index (χ4n) is 2.91. The number of hydrogen-bond acceptors (Lipinski definition) is 3. The Kier molecular flexibility index (Phi) is 6.78. The van der Waals surface area contributed by atoms with Crippen molar-refractivity contribution in [1.82, 2.24) is 10.2 Å². The molecule has 3 nitrogen and oxygen atoms in total. The van der Waals surface area contributed by atoms with Gasteiger partial charge in [-0.05, 0) is 36.8 Å². The van der Waals surface area contributed by atoms with Gasteiger partial charge in [-0.15, -0.1) is 0 Å². The fraction of sp³-hybridized carbons (Fsp3) is 1.00. The van der Waals surface area contributed by atoms with Crippen molar-refractivity contribution in [3.8, 4) is 0 Å². The van der Waals surface area contributed by atoms with Gasteiger partial charge in [0.2, 0.25) is 0 Å². The molecule has 1 aliphatic heterocycles. The van der Waals surface area contributed by atoms with Gasteiger partial charge in [0.15, 0.2) is 0 Å². The van der Waals surface area contributed by atoms with Crippen LogP contribution in [0.5, 0.6) is 0 Å². The van der Waals surface area contributed by atoms with Crippen LogP contribution in [-0.2, 0) is 4.74 Å². The Morgan fingerprint density at radius 1 is 1.37 bits per heavy atom. The molecule has 1 N–H and O–H groups in total. The first-order valence-electron chi connectivity index (χ1n) is 7.80. The van der Waals surface area contributed by atoms with Gasteiger partial charge in [0.05, 0.1) is 6.10 Å². The van der Waals surface area contributed by atoms with E-state index in [4.69, 9.17) is 4.74 Å². The van der Waals surface area contributed by atoms with E-state index in [2.05, 4.69) is 44.8 Å². The quantitative estimate of drug-likeness (QED) is 0.769. The van der Waals surface area contributed by atoms with E-state index in [1.165, 1.54) is 13.0 Å². The zero-order chi connectivity index (χ0) is 14.5. The second-order valence-electron chi connectivity index (χ2n) is 7.46. The summed E-state index contributed by atoms with van der Waals surface area (Å²) in [6.45, 7) is 17.2. The van der Waals surface area contributed by atoms with E-state index in [0.717, 1.165) is 32.1 Å². The predicted octanol–water partition coefficient (Wildman–Crippen LogP) is 2.62. The average Bonchev–Trinajstić information content (AvgIpc) is 2.30. The zero-order valence-corrected chi connectivity index (χ0v) is 13.8. The molecular formula is C16H34N2O. The number of methoxy groups -OCH3 is 1. The summed E-state index contributed by atoms with van der Waals surface area (Å²) in [5.74, 6) is 1.42. The van der Waals surface area contributed by atoms with E-state index >= 15 is 0 Å². The first kappa shape index (κ1) is 16.9. The molecule has 0 radical (unpaired) electrons. The molecule has 1 aliphatic rings. The topological polar surface area (TPSA) is 24.5 Å². The van der Waals surface area contributed by atoms with Crippen LogP contribution in [0, 0.1) is 17.3 Å². The third-order valence-electron chi connectivity index (χ3n) is 4.08. The molecule has 1 saturated heterocycles. The lowest BCUT2D eigenvalue weighted by Gasteiger charge is -2.40. The maximum absolute atomic E-state index is 5.60. The van der Waals surface area contributed by atoms with Crippen molar-refractivity contribution >= 4 is 0 Å². The molecule has 0 aromatic carbocycles. The van der Waals surface area contributed by atoms with E-state index in [1.54, 1.807) is 0 Å². The van der Waals surface area contributed by atoms with Crippen molar-refractivity contribution in [2.75, 3.05) is 39.8 Å². The Hall–Kier alpha value is -0.120. The minimum Gasteiger partial charge on any atom is -0.380 e. The van der Waals surface area contributed by atoms with Crippen LogP contribution in [0.2, 0.25) is 0 Å². The van der Waals surface area contributed by atoms with Crippen molar-refractivity contribution in [2.45, 2.75) is 47.1 Å². The molecule has 0 aliphatic carbocycles. The second kappa shape index (κ2) is 7.61. The average molecular weight is 270 g/mol. The van der Waals surface area contributed by atoms with Gasteiger partial charge in [-0.2, -0.15) is 0 Å². The molecule has 0 saturated carbocycles. The molecule has 0 aromatic rings. The Morgan fingerprint density at radius 3 is 2.63 bits per heavy atom. The molecule has 3 heteroatoms. The van der Waals surface area contributed by atoms with Gasteiger partial charge >= 0.3 is 0 Å². The highest BCUT2D eigenvalue weighted by molar-refractivity contribution is 4.83. The molecule has 0 bridgehead atoms. The van der Waals surface area contributed by atoms with Crippen LogP contribution >= 0.6 is 0 Å². The molecule has 19 heavy (non-hydrogen) atoms. The van der Waals surface area contributed by atoms with Gasteiger partial charge in [0.1, 0.15) is 0 Å². The van der Waals surface area contributed by atoms with Gasteiger partial charge in [-0.25, -0.2) is 0 Å². The highest BCUT2D eigenvalue weighted by atomic mass is 16.5. The second-order valence-corrected chi connectivity index (χ2v) is 7.46. The SMILES string of the molecule is COC1CN(CC(C)(C)CNCC(C)C)CCC1C. The van der Waals surface area contributed by atoms with Crippen LogP contribution in [0.25, 0.3) is 0 Å². The lowest BCUT2D eigenvalue weighted by atomic mass is 9.89. The summed E-state index contributed by atoms with van der Waals surface area (Å²) < 4.78 is 5.60. The van der Waals surface area contributed by atoms with Crippen LogP contribution in [0.3, 0.4) is 0 Å². The van der Waals surface area contributed by atoms with Crippen molar-refractivity contribution < 1.29 is 4.74 Å². The minimum atomic E-state index is 0.327. The molecule has 114 valence electrons. The Morgan fingerprint density at radius 2 is 2.05 bits per heavy atom. The summed E-state index contributed by atoms with van der Waals surface area (Å²) in [5.41, 5.74) is 0.327. The van der Waals surface area contributed by atoms with E-state index < -0.39 is 0 Å². The van der Waals surface area contributed by atoms with Crippen LogP contribution in [0.4, 0.5) is 0 Å². The number of piperidine rings is 1. The summed E-state index contributed by atoms with van der Waals surface area (Å²) in [6, 6.07) is 0. The lowest BCUT2D eigenvalue weighted by molar-refractivity contribution is -0.0149. The zero-order valence-electron chi connectivity index (χ0n) is 13.8. The van der Waals surface area contributed by atoms with Crippen LogP contribution in [-0.4, -0.2) is 50.8 Å². The van der Waals surface area contributed by atoms with Crippen molar-refractivity contribution in [3.63, 3.8) is 0 Å². The molecule has 0 spiro atoms. The number of rotatable bonds is 7. The molecule has 1 heterocycles. The fourth-order valence-corrected chi connectivity index (χ4v) is 2.91. The molecule has 1 fully saturated rings. The van der Waals surface area contributed by atoms with Gasteiger partial charge in [-0.1, -0.05) is 34.6 Å². The molecule has 2 atom stereocenters. The van der Waals surface area contributed by atoms with Crippen molar-refractivity contribution in [2.24, 2.45) is 17.3 Å². The number of ether oxygens (including phenoxy) is 1. The van der Waals surface area contributed by atoms with Gasteiger partial charge in [0.25, 0.3) is 0 Å². The molecule has 1 rings (SSSR count). The minimum absolute atomic E-state index is 0.327. The monoisotopic (exact) mass is 270 g/mol.